The number of benzene rings is 3. The Bertz CT molecular complexity index is 1020. The molecule has 0 unspecified atom stereocenters. The van der Waals surface area contributed by atoms with Crippen molar-refractivity contribution in [2.45, 2.75) is 6.42 Å². The van der Waals surface area contributed by atoms with Crippen molar-refractivity contribution < 1.29 is 23.8 Å². The van der Waals surface area contributed by atoms with Crippen LogP contribution in [-0.4, -0.2) is 31.8 Å². The Morgan fingerprint density at radius 2 is 1.80 bits per heavy atom. The van der Waals surface area contributed by atoms with Gasteiger partial charge in [0.15, 0.2) is 0 Å². The maximum absolute atomic E-state index is 11.9. The number of hydrogen-bond donors (Lipinski definition) is 1. The van der Waals surface area contributed by atoms with Gasteiger partial charge in [0.25, 0.3) is 0 Å². The predicted octanol–water partition coefficient (Wildman–Crippen LogP) is 4.28. The van der Waals surface area contributed by atoms with Gasteiger partial charge >= 0.3 is 12.1 Å². The number of nitrogens with one attached hydrogen (secondary N) is 1. The molecule has 3 aromatic rings. The zero-order valence-electron chi connectivity index (χ0n) is 16.5. The fourth-order valence-corrected chi connectivity index (χ4v) is 2.85. The summed E-state index contributed by atoms with van der Waals surface area (Å²) in [4.78, 5) is 22.8. The third-order valence-electron chi connectivity index (χ3n) is 4.30. The quantitative estimate of drug-likeness (QED) is 0.327. The van der Waals surface area contributed by atoms with Crippen molar-refractivity contribution in [3.05, 3.63) is 84.9 Å². The molecule has 0 spiro atoms. The van der Waals surface area contributed by atoms with Crippen molar-refractivity contribution in [1.29, 1.82) is 0 Å². The molecule has 0 saturated carbocycles. The zero-order chi connectivity index (χ0) is 21.2. The number of carbonyl (C=O) groups excluding carboxylic acids is 2. The van der Waals surface area contributed by atoms with Crippen molar-refractivity contribution in [3.8, 4) is 11.5 Å². The van der Waals surface area contributed by atoms with Gasteiger partial charge in [-0.1, -0.05) is 49.0 Å². The molecular formula is C24H23NO5. The van der Waals surface area contributed by atoms with Crippen LogP contribution in [0.25, 0.3) is 10.8 Å². The Hall–Kier alpha value is -3.80. The van der Waals surface area contributed by atoms with Crippen molar-refractivity contribution >= 4 is 22.8 Å². The van der Waals surface area contributed by atoms with Crippen molar-refractivity contribution in [2.24, 2.45) is 0 Å². The maximum atomic E-state index is 11.9. The topological polar surface area (TPSA) is 73.9 Å². The van der Waals surface area contributed by atoms with Crippen molar-refractivity contribution in [3.63, 3.8) is 0 Å². The van der Waals surface area contributed by atoms with Gasteiger partial charge < -0.3 is 19.5 Å². The first kappa shape index (κ1) is 20.9. The van der Waals surface area contributed by atoms with Crippen molar-refractivity contribution in [1.82, 2.24) is 5.32 Å². The number of rotatable bonds is 9. The first-order valence-corrected chi connectivity index (χ1v) is 9.60. The second-order valence-electron chi connectivity index (χ2n) is 6.41. The van der Waals surface area contributed by atoms with Crippen LogP contribution in [-0.2, 0) is 16.0 Å². The largest absolute Gasteiger partial charge is 0.493 e. The lowest BCUT2D eigenvalue weighted by Gasteiger charge is -2.11. The van der Waals surface area contributed by atoms with Crippen LogP contribution in [0.15, 0.2) is 79.4 Å². The van der Waals surface area contributed by atoms with Crippen LogP contribution in [0.3, 0.4) is 0 Å². The molecule has 0 saturated heterocycles. The molecule has 0 fully saturated rings. The second kappa shape index (κ2) is 10.7. The van der Waals surface area contributed by atoms with Crippen LogP contribution in [0.2, 0.25) is 0 Å². The monoisotopic (exact) mass is 405 g/mol. The SMILES string of the molecule is C=CC(=O)OCCNC(=O)Oc1ccc2c(OCCc3ccccc3)cccc2c1. The van der Waals surface area contributed by atoms with Gasteiger partial charge in [-0.3, -0.25) is 0 Å². The highest BCUT2D eigenvalue weighted by Crippen LogP contribution is 2.29. The van der Waals surface area contributed by atoms with Crippen LogP contribution in [0, 0.1) is 0 Å². The van der Waals surface area contributed by atoms with Crippen LogP contribution >= 0.6 is 0 Å². The van der Waals surface area contributed by atoms with E-state index in [2.05, 4.69) is 24.0 Å². The van der Waals surface area contributed by atoms with Gasteiger partial charge in [0.05, 0.1) is 13.2 Å². The van der Waals surface area contributed by atoms with E-state index in [1.807, 2.05) is 42.5 Å². The van der Waals surface area contributed by atoms with Crippen LogP contribution in [0.4, 0.5) is 4.79 Å². The second-order valence-corrected chi connectivity index (χ2v) is 6.41. The van der Waals surface area contributed by atoms with E-state index in [4.69, 9.17) is 14.2 Å². The molecule has 1 N–H and O–H groups in total. The molecule has 6 nitrogen and oxygen atoms in total. The minimum Gasteiger partial charge on any atom is -0.493 e. The lowest BCUT2D eigenvalue weighted by atomic mass is 10.1. The van der Waals surface area contributed by atoms with Gasteiger partial charge in [-0.25, -0.2) is 9.59 Å². The first-order chi connectivity index (χ1) is 14.7. The molecule has 0 bridgehead atoms. The Labute approximate surface area is 175 Å². The third-order valence-corrected chi connectivity index (χ3v) is 4.30. The lowest BCUT2D eigenvalue weighted by molar-refractivity contribution is -0.137. The molecule has 154 valence electrons. The van der Waals surface area contributed by atoms with Crippen LogP contribution in [0.5, 0.6) is 11.5 Å². The van der Waals surface area contributed by atoms with Crippen molar-refractivity contribution in [2.75, 3.05) is 19.8 Å². The van der Waals surface area contributed by atoms with Crippen LogP contribution < -0.4 is 14.8 Å². The highest BCUT2D eigenvalue weighted by atomic mass is 16.6. The Morgan fingerprint density at radius 1 is 0.967 bits per heavy atom. The third kappa shape index (κ3) is 6.10. The van der Waals surface area contributed by atoms with E-state index < -0.39 is 12.1 Å². The summed E-state index contributed by atoms with van der Waals surface area (Å²) in [6, 6.07) is 21.3. The molecule has 0 atom stereocenters. The number of esters is 1. The van der Waals surface area contributed by atoms with Gasteiger partial charge in [-0.05, 0) is 35.2 Å². The summed E-state index contributed by atoms with van der Waals surface area (Å²) < 4.78 is 16.0. The number of fused-ring (bicyclic) bond motifs is 1. The van der Waals surface area contributed by atoms with Gasteiger partial charge in [-0.2, -0.15) is 0 Å². The fraction of sp³-hybridized carbons (Fsp3) is 0.167. The molecule has 1 amide bonds. The summed E-state index contributed by atoms with van der Waals surface area (Å²) in [6.07, 6.45) is 1.26. The minimum absolute atomic E-state index is 0.0430. The predicted molar refractivity (Wildman–Crippen MR) is 115 cm³/mol. The van der Waals surface area contributed by atoms with E-state index in [1.165, 1.54) is 5.56 Å². The van der Waals surface area contributed by atoms with E-state index in [0.29, 0.717) is 12.4 Å². The van der Waals surface area contributed by atoms with E-state index in [0.717, 1.165) is 29.0 Å². The van der Waals surface area contributed by atoms with E-state index in [9.17, 15) is 9.59 Å². The van der Waals surface area contributed by atoms with Crippen LogP contribution in [0.1, 0.15) is 5.56 Å². The molecule has 6 heteroatoms. The molecule has 0 aromatic heterocycles. The first-order valence-electron chi connectivity index (χ1n) is 9.60. The lowest BCUT2D eigenvalue weighted by Crippen LogP contribution is -2.30. The molecule has 30 heavy (non-hydrogen) atoms. The fourth-order valence-electron chi connectivity index (χ4n) is 2.85. The molecule has 0 aliphatic heterocycles. The number of amides is 1. The summed E-state index contributed by atoms with van der Waals surface area (Å²) in [5, 5.41) is 4.36. The number of carbonyl (C=O) groups is 2. The Kier molecular flexibility index (Phi) is 7.44. The number of ether oxygens (including phenoxy) is 3. The van der Waals surface area contributed by atoms with Gasteiger partial charge in [0.2, 0.25) is 0 Å². The minimum atomic E-state index is -0.626. The summed E-state index contributed by atoms with van der Waals surface area (Å²) in [5.41, 5.74) is 1.22. The standard InChI is InChI=1S/C24H23NO5/c1-2-23(26)29-16-14-25-24(27)30-20-11-12-21-19(17-20)9-6-10-22(21)28-15-13-18-7-4-3-5-8-18/h2-12,17H,1,13-16H2,(H,25,27). The van der Waals surface area contributed by atoms with E-state index >= 15 is 0 Å². The molecule has 3 aromatic carbocycles. The van der Waals surface area contributed by atoms with Gasteiger partial charge in [-0.15, -0.1) is 0 Å². The van der Waals surface area contributed by atoms with E-state index in [-0.39, 0.29) is 13.2 Å². The highest BCUT2D eigenvalue weighted by Gasteiger charge is 2.08. The molecule has 3 rings (SSSR count). The zero-order valence-corrected chi connectivity index (χ0v) is 16.5. The molecule has 0 aliphatic rings. The smallest absolute Gasteiger partial charge is 0.412 e. The maximum Gasteiger partial charge on any atom is 0.412 e. The normalized spacial score (nSPS) is 10.3. The molecular weight excluding hydrogens is 382 g/mol. The molecule has 0 heterocycles. The summed E-state index contributed by atoms with van der Waals surface area (Å²) in [5.74, 6) is 0.648. The molecule has 0 aliphatic carbocycles. The molecule has 0 radical (unpaired) electrons. The van der Waals surface area contributed by atoms with E-state index in [1.54, 1.807) is 12.1 Å². The summed E-state index contributed by atoms with van der Waals surface area (Å²) >= 11 is 0. The van der Waals surface area contributed by atoms with Gasteiger partial charge in [0, 0.05) is 17.9 Å². The summed E-state index contributed by atoms with van der Waals surface area (Å²) in [6.45, 7) is 4.05. The highest BCUT2D eigenvalue weighted by molar-refractivity contribution is 5.90. The number of hydrogen-bond acceptors (Lipinski definition) is 5. The Balaban J connectivity index is 1.55. The van der Waals surface area contributed by atoms with Gasteiger partial charge in [0.1, 0.15) is 18.1 Å². The average Bonchev–Trinajstić information content (AvgIpc) is 2.77. The summed E-state index contributed by atoms with van der Waals surface area (Å²) in [7, 11) is 0. The Morgan fingerprint density at radius 3 is 2.60 bits per heavy atom. The average molecular weight is 405 g/mol.